The van der Waals surface area contributed by atoms with E-state index in [9.17, 15) is 5.11 Å². The van der Waals surface area contributed by atoms with Crippen LogP contribution in [0.3, 0.4) is 0 Å². The van der Waals surface area contributed by atoms with E-state index in [1.165, 1.54) is 14.2 Å². The van der Waals surface area contributed by atoms with Crippen LogP contribution in [0.4, 0.5) is 0 Å². The van der Waals surface area contributed by atoms with E-state index in [0.717, 1.165) is 18.7 Å². The van der Waals surface area contributed by atoms with Crippen LogP contribution in [0.1, 0.15) is 19.4 Å². The van der Waals surface area contributed by atoms with Crippen molar-refractivity contribution in [3.8, 4) is 17.2 Å². The molecule has 0 aliphatic rings. The van der Waals surface area contributed by atoms with Crippen LogP contribution in [0, 0.1) is 0 Å². The summed E-state index contributed by atoms with van der Waals surface area (Å²) in [5.74, 6) is 0.885. The number of hydrogen-bond acceptors (Lipinski definition) is 5. The Morgan fingerprint density at radius 2 is 1.65 bits per heavy atom. The Balaban J connectivity index is 2.94. The van der Waals surface area contributed by atoms with Gasteiger partial charge in [0.05, 0.1) is 20.8 Å². The van der Waals surface area contributed by atoms with Crippen molar-refractivity contribution in [3.05, 3.63) is 17.7 Å². The largest absolute Gasteiger partial charge is 0.502 e. The molecule has 0 fully saturated rings. The molecular weight excluding hydrogens is 258 g/mol. The van der Waals surface area contributed by atoms with Crippen LogP contribution in [0.2, 0.25) is 0 Å². The molecule has 0 saturated heterocycles. The predicted molar refractivity (Wildman–Crippen MR) is 78.6 cm³/mol. The van der Waals surface area contributed by atoms with E-state index in [0.29, 0.717) is 24.1 Å². The van der Waals surface area contributed by atoms with Crippen LogP contribution in [-0.2, 0) is 11.3 Å². The van der Waals surface area contributed by atoms with Gasteiger partial charge in [0.1, 0.15) is 0 Å². The number of nitrogens with zero attached hydrogens (tertiary/aromatic N) is 1. The van der Waals surface area contributed by atoms with Crippen molar-refractivity contribution in [3.63, 3.8) is 0 Å². The second-order valence-corrected chi connectivity index (χ2v) is 4.91. The average Bonchev–Trinajstić information content (AvgIpc) is 2.44. The van der Waals surface area contributed by atoms with Gasteiger partial charge in [-0.05, 0) is 31.5 Å². The number of benzene rings is 1. The van der Waals surface area contributed by atoms with Crippen molar-refractivity contribution in [1.29, 1.82) is 0 Å². The first-order chi connectivity index (χ1) is 9.53. The van der Waals surface area contributed by atoms with Gasteiger partial charge in [0, 0.05) is 26.2 Å². The summed E-state index contributed by atoms with van der Waals surface area (Å²) >= 11 is 0. The summed E-state index contributed by atoms with van der Waals surface area (Å²) in [4.78, 5) is 2.29. The molecule has 1 aromatic carbocycles. The minimum Gasteiger partial charge on any atom is -0.502 e. The number of hydrogen-bond donors (Lipinski definition) is 1. The molecule has 5 heteroatoms. The lowest BCUT2D eigenvalue weighted by Gasteiger charge is -2.26. The Labute approximate surface area is 121 Å². The average molecular weight is 283 g/mol. The van der Waals surface area contributed by atoms with Gasteiger partial charge in [-0.3, -0.25) is 4.90 Å². The Kier molecular flexibility index (Phi) is 6.61. The van der Waals surface area contributed by atoms with E-state index < -0.39 is 0 Å². The van der Waals surface area contributed by atoms with Gasteiger partial charge in [-0.25, -0.2) is 0 Å². The minimum absolute atomic E-state index is 0.0340. The van der Waals surface area contributed by atoms with Gasteiger partial charge >= 0.3 is 0 Å². The highest BCUT2D eigenvalue weighted by atomic mass is 16.5. The van der Waals surface area contributed by atoms with Crippen molar-refractivity contribution in [2.24, 2.45) is 0 Å². The topological polar surface area (TPSA) is 51.2 Å². The van der Waals surface area contributed by atoms with Crippen LogP contribution >= 0.6 is 0 Å². The zero-order valence-corrected chi connectivity index (χ0v) is 13.0. The standard InChI is InChI=1S/C15H25NO4/c1-11(2)16(6-7-18-3)10-12-8-13(19-4)15(17)14(9-12)20-5/h8-9,11,17H,6-7,10H2,1-5H3. The SMILES string of the molecule is COCCN(Cc1cc(OC)c(O)c(OC)c1)C(C)C. The Morgan fingerprint density at radius 3 is 2.05 bits per heavy atom. The number of ether oxygens (including phenoxy) is 3. The molecule has 0 atom stereocenters. The van der Waals surface area contributed by atoms with Crippen LogP contribution < -0.4 is 9.47 Å². The minimum atomic E-state index is 0.0340. The molecule has 1 aromatic rings. The molecule has 0 bridgehead atoms. The van der Waals surface area contributed by atoms with E-state index in [1.807, 2.05) is 12.1 Å². The van der Waals surface area contributed by atoms with Crippen molar-refractivity contribution >= 4 is 0 Å². The summed E-state index contributed by atoms with van der Waals surface area (Å²) in [6.07, 6.45) is 0. The number of methoxy groups -OCH3 is 3. The zero-order valence-electron chi connectivity index (χ0n) is 13.0. The molecule has 0 aromatic heterocycles. The number of aromatic hydroxyl groups is 1. The van der Waals surface area contributed by atoms with Crippen molar-refractivity contribution in [2.45, 2.75) is 26.4 Å². The summed E-state index contributed by atoms with van der Waals surface area (Å²) in [7, 11) is 4.76. The molecule has 0 heterocycles. The third-order valence-corrected chi connectivity index (χ3v) is 3.24. The number of phenolic OH excluding ortho intramolecular Hbond substituents is 1. The summed E-state index contributed by atoms with van der Waals surface area (Å²) in [5, 5.41) is 9.91. The maximum absolute atomic E-state index is 9.91. The number of phenols is 1. The van der Waals surface area contributed by atoms with E-state index in [1.54, 1.807) is 7.11 Å². The van der Waals surface area contributed by atoms with Crippen LogP contribution in [-0.4, -0.2) is 50.5 Å². The number of rotatable bonds is 8. The predicted octanol–water partition coefficient (Wildman–Crippen LogP) is 2.27. The summed E-state index contributed by atoms with van der Waals surface area (Å²) in [6, 6.07) is 4.07. The van der Waals surface area contributed by atoms with Crippen LogP contribution in [0.5, 0.6) is 17.2 Å². The van der Waals surface area contributed by atoms with Gasteiger partial charge in [-0.2, -0.15) is 0 Å². The fourth-order valence-electron chi connectivity index (χ4n) is 2.00. The molecule has 1 N–H and O–H groups in total. The first kappa shape index (κ1) is 16.6. The molecule has 0 aliphatic carbocycles. The monoisotopic (exact) mass is 283 g/mol. The third-order valence-electron chi connectivity index (χ3n) is 3.24. The fraction of sp³-hybridized carbons (Fsp3) is 0.600. The zero-order chi connectivity index (χ0) is 15.1. The van der Waals surface area contributed by atoms with Crippen molar-refractivity contribution < 1.29 is 19.3 Å². The molecule has 20 heavy (non-hydrogen) atoms. The van der Waals surface area contributed by atoms with Crippen LogP contribution in [0.25, 0.3) is 0 Å². The Bertz CT molecular complexity index is 395. The fourth-order valence-corrected chi connectivity index (χ4v) is 2.00. The smallest absolute Gasteiger partial charge is 0.200 e. The molecule has 114 valence electrons. The summed E-state index contributed by atoms with van der Waals surface area (Å²) < 4.78 is 15.5. The first-order valence-electron chi connectivity index (χ1n) is 6.70. The molecule has 0 saturated carbocycles. The second kappa shape index (κ2) is 7.97. The molecule has 0 spiro atoms. The Morgan fingerprint density at radius 1 is 1.10 bits per heavy atom. The highest BCUT2D eigenvalue weighted by Gasteiger charge is 2.15. The van der Waals surface area contributed by atoms with E-state index in [-0.39, 0.29) is 5.75 Å². The molecule has 0 amide bonds. The van der Waals surface area contributed by atoms with Gasteiger partial charge < -0.3 is 19.3 Å². The lowest BCUT2D eigenvalue weighted by Crippen LogP contribution is -2.33. The van der Waals surface area contributed by atoms with Gasteiger partial charge in [0.15, 0.2) is 11.5 Å². The van der Waals surface area contributed by atoms with E-state index in [4.69, 9.17) is 14.2 Å². The summed E-state index contributed by atoms with van der Waals surface area (Å²) in [6.45, 7) is 6.56. The quantitative estimate of drug-likeness (QED) is 0.793. The molecule has 0 unspecified atom stereocenters. The van der Waals surface area contributed by atoms with Gasteiger partial charge in [-0.1, -0.05) is 0 Å². The summed E-state index contributed by atoms with van der Waals surface area (Å²) in [5.41, 5.74) is 1.03. The molecule has 1 rings (SSSR count). The highest BCUT2D eigenvalue weighted by Crippen LogP contribution is 2.37. The molecular formula is C15H25NO4. The maximum atomic E-state index is 9.91. The van der Waals surface area contributed by atoms with E-state index in [2.05, 4.69) is 18.7 Å². The van der Waals surface area contributed by atoms with Crippen molar-refractivity contribution in [1.82, 2.24) is 4.90 Å². The lowest BCUT2D eigenvalue weighted by atomic mass is 10.1. The Hall–Kier alpha value is -1.46. The van der Waals surface area contributed by atoms with Crippen molar-refractivity contribution in [2.75, 3.05) is 34.5 Å². The molecule has 0 aliphatic heterocycles. The van der Waals surface area contributed by atoms with Gasteiger partial charge in [0.2, 0.25) is 5.75 Å². The highest BCUT2D eigenvalue weighted by molar-refractivity contribution is 5.52. The molecule has 0 radical (unpaired) electrons. The van der Waals surface area contributed by atoms with Gasteiger partial charge in [-0.15, -0.1) is 0 Å². The lowest BCUT2D eigenvalue weighted by molar-refractivity contribution is 0.125. The normalized spacial score (nSPS) is 11.2. The van der Waals surface area contributed by atoms with E-state index >= 15 is 0 Å². The maximum Gasteiger partial charge on any atom is 0.200 e. The third kappa shape index (κ3) is 4.28. The van der Waals surface area contributed by atoms with Gasteiger partial charge in [0.25, 0.3) is 0 Å². The molecule has 5 nitrogen and oxygen atoms in total. The second-order valence-electron chi connectivity index (χ2n) is 4.91. The first-order valence-corrected chi connectivity index (χ1v) is 6.70. The van der Waals surface area contributed by atoms with Crippen LogP contribution in [0.15, 0.2) is 12.1 Å².